The van der Waals surface area contributed by atoms with E-state index in [-0.39, 0.29) is 11.9 Å². The number of ether oxygens (including phenoxy) is 1. The number of carbonyl (C=O) groups is 2. The van der Waals surface area contributed by atoms with Crippen LogP contribution in [0.15, 0.2) is 12.1 Å². The van der Waals surface area contributed by atoms with Gasteiger partial charge in [0.2, 0.25) is 0 Å². The molecule has 2 fully saturated rings. The third kappa shape index (κ3) is 5.53. The number of aryl methyl sites for hydroxylation is 1. The molecule has 0 bridgehead atoms. The number of aromatic nitrogens is 1. The summed E-state index contributed by atoms with van der Waals surface area (Å²) < 4.78 is 5.01. The fourth-order valence-corrected chi connectivity index (χ4v) is 4.37. The highest BCUT2D eigenvalue weighted by Gasteiger charge is 2.24. The molecule has 0 unspecified atom stereocenters. The van der Waals surface area contributed by atoms with Crippen molar-refractivity contribution in [2.45, 2.75) is 64.8 Å². The average Bonchev–Trinajstić information content (AvgIpc) is 2.70. The number of hydrogen-bond donors (Lipinski definition) is 1. The summed E-state index contributed by atoms with van der Waals surface area (Å²) in [5, 5.41) is 3.12. The van der Waals surface area contributed by atoms with Gasteiger partial charge in [-0.25, -0.2) is 9.78 Å². The number of piperidine rings is 1. The fraction of sp³-hybridized carbons (Fsp3) is 0.682. The topological polar surface area (TPSA) is 71.5 Å². The van der Waals surface area contributed by atoms with Crippen molar-refractivity contribution < 1.29 is 14.3 Å². The average molecular weight is 388 g/mol. The summed E-state index contributed by atoms with van der Waals surface area (Å²) in [6.07, 6.45) is 8.90. The van der Waals surface area contributed by atoms with Crippen LogP contribution in [0.3, 0.4) is 0 Å². The largest absolute Gasteiger partial charge is 0.462 e. The molecule has 1 aromatic rings. The van der Waals surface area contributed by atoms with Crippen molar-refractivity contribution in [3.05, 3.63) is 29.1 Å². The van der Waals surface area contributed by atoms with Crippen molar-refractivity contribution in [1.29, 1.82) is 0 Å². The van der Waals surface area contributed by atoms with Crippen molar-refractivity contribution in [3.8, 4) is 0 Å². The van der Waals surface area contributed by atoms with Gasteiger partial charge >= 0.3 is 5.97 Å². The summed E-state index contributed by atoms with van der Waals surface area (Å²) in [6.45, 7) is 7.14. The number of nitrogens with one attached hydrogen (secondary N) is 1. The predicted molar refractivity (Wildman–Crippen MR) is 108 cm³/mol. The number of pyridine rings is 1. The zero-order valence-electron chi connectivity index (χ0n) is 17.2. The molecule has 1 aliphatic heterocycles. The molecule has 2 aliphatic rings. The minimum absolute atomic E-state index is 0.163. The van der Waals surface area contributed by atoms with Crippen LogP contribution >= 0.6 is 0 Å². The van der Waals surface area contributed by atoms with Gasteiger partial charge in [-0.1, -0.05) is 19.3 Å². The molecule has 154 valence electrons. The van der Waals surface area contributed by atoms with Crippen LogP contribution in [0.1, 0.15) is 78.4 Å². The highest BCUT2D eigenvalue weighted by molar-refractivity contribution is 5.95. The van der Waals surface area contributed by atoms with E-state index in [0.717, 1.165) is 31.8 Å². The number of amides is 1. The summed E-state index contributed by atoms with van der Waals surface area (Å²) in [6, 6.07) is 3.43. The van der Waals surface area contributed by atoms with Crippen molar-refractivity contribution in [1.82, 2.24) is 15.2 Å². The van der Waals surface area contributed by atoms with Gasteiger partial charge in [-0.2, -0.15) is 0 Å². The lowest BCUT2D eigenvalue weighted by Crippen LogP contribution is -2.46. The lowest BCUT2D eigenvalue weighted by atomic mass is 9.88. The number of esters is 1. The van der Waals surface area contributed by atoms with E-state index < -0.39 is 5.97 Å². The Balaban J connectivity index is 1.47. The van der Waals surface area contributed by atoms with Gasteiger partial charge in [0.05, 0.1) is 17.9 Å². The summed E-state index contributed by atoms with van der Waals surface area (Å²) in [4.78, 5) is 31.3. The quantitative estimate of drug-likeness (QED) is 0.758. The van der Waals surface area contributed by atoms with Crippen LogP contribution in [0.5, 0.6) is 0 Å². The second-order valence-electron chi connectivity index (χ2n) is 8.10. The van der Waals surface area contributed by atoms with E-state index in [4.69, 9.17) is 4.74 Å². The van der Waals surface area contributed by atoms with Crippen LogP contribution < -0.4 is 5.32 Å². The van der Waals surface area contributed by atoms with Crippen LogP contribution in [-0.4, -0.2) is 54.0 Å². The van der Waals surface area contributed by atoms with Gasteiger partial charge in [-0.15, -0.1) is 0 Å². The summed E-state index contributed by atoms with van der Waals surface area (Å²) in [7, 11) is 0. The highest BCUT2D eigenvalue weighted by atomic mass is 16.5. The second kappa shape index (κ2) is 10.0. The number of carbonyl (C=O) groups excluding carboxylic acids is 2. The molecule has 2 heterocycles. The molecule has 1 aliphatic carbocycles. The molecule has 6 heteroatoms. The molecule has 1 saturated carbocycles. The molecular weight excluding hydrogens is 354 g/mol. The smallest absolute Gasteiger partial charge is 0.339 e. The number of likely N-dealkylation sites (tertiary alicyclic amines) is 1. The summed E-state index contributed by atoms with van der Waals surface area (Å²) in [5.74, 6) is 0.305. The van der Waals surface area contributed by atoms with Crippen LogP contribution in [0.4, 0.5) is 0 Å². The monoisotopic (exact) mass is 387 g/mol. The molecule has 0 radical (unpaired) electrons. The zero-order chi connectivity index (χ0) is 19.9. The van der Waals surface area contributed by atoms with Crippen molar-refractivity contribution in [3.63, 3.8) is 0 Å². The minimum atomic E-state index is -0.398. The molecule has 0 atom stereocenters. The van der Waals surface area contributed by atoms with Gasteiger partial charge in [0.15, 0.2) is 0 Å². The van der Waals surface area contributed by atoms with Gasteiger partial charge in [0, 0.05) is 25.7 Å². The Labute approximate surface area is 168 Å². The Hall–Kier alpha value is -1.95. The zero-order valence-corrected chi connectivity index (χ0v) is 17.2. The second-order valence-corrected chi connectivity index (χ2v) is 8.10. The lowest BCUT2D eigenvalue weighted by molar-refractivity contribution is 0.0524. The van der Waals surface area contributed by atoms with Gasteiger partial charge in [0.25, 0.3) is 5.91 Å². The van der Waals surface area contributed by atoms with Crippen LogP contribution in [0.2, 0.25) is 0 Å². The van der Waals surface area contributed by atoms with Gasteiger partial charge in [-0.3, -0.25) is 4.79 Å². The fourth-order valence-electron chi connectivity index (χ4n) is 4.37. The normalized spacial score (nSPS) is 19.4. The molecule has 1 amide bonds. The maximum atomic E-state index is 12.6. The maximum Gasteiger partial charge on any atom is 0.339 e. The molecule has 1 N–H and O–H groups in total. The first-order chi connectivity index (χ1) is 13.6. The first kappa shape index (κ1) is 20.8. The Morgan fingerprint density at radius 3 is 2.50 bits per heavy atom. The van der Waals surface area contributed by atoms with Crippen molar-refractivity contribution in [2.24, 2.45) is 5.92 Å². The SMILES string of the molecule is CCOC(=O)c1ccc(C(=O)NC2CCN(CC3CCCCC3)CC2)nc1C. The third-order valence-electron chi connectivity index (χ3n) is 5.98. The van der Waals surface area contributed by atoms with Crippen molar-refractivity contribution in [2.75, 3.05) is 26.2 Å². The standard InChI is InChI=1S/C22H33N3O3/c1-3-28-22(27)19-9-10-20(23-16(19)2)21(26)24-18-11-13-25(14-12-18)15-17-7-5-4-6-8-17/h9-10,17-18H,3-8,11-15H2,1-2H3,(H,24,26). The Kier molecular flexibility index (Phi) is 7.43. The number of rotatable bonds is 6. The van der Waals surface area contributed by atoms with Gasteiger partial charge in [0.1, 0.15) is 5.69 Å². The molecular formula is C22H33N3O3. The van der Waals surface area contributed by atoms with Crippen LogP contribution in [-0.2, 0) is 4.74 Å². The third-order valence-corrected chi connectivity index (χ3v) is 5.98. The minimum Gasteiger partial charge on any atom is -0.462 e. The maximum absolute atomic E-state index is 12.6. The Morgan fingerprint density at radius 1 is 1.14 bits per heavy atom. The number of nitrogens with zero attached hydrogens (tertiary/aromatic N) is 2. The molecule has 3 rings (SSSR count). The summed E-state index contributed by atoms with van der Waals surface area (Å²) >= 11 is 0. The molecule has 0 aromatic carbocycles. The molecule has 6 nitrogen and oxygen atoms in total. The molecule has 28 heavy (non-hydrogen) atoms. The molecule has 1 saturated heterocycles. The van der Waals surface area contributed by atoms with E-state index in [9.17, 15) is 9.59 Å². The van der Waals surface area contributed by atoms with Crippen LogP contribution in [0.25, 0.3) is 0 Å². The lowest BCUT2D eigenvalue weighted by Gasteiger charge is -2.35. The van der Waals surface area contributed by atoms with E-state index in [1.807, 2.05) is 0 Å². The summed E-state index contributed by atoms with van der Waals surface area (Å²) in [5.41, 5.74) is 1.29. The van der Waals surface area contributed by atoms with E-state index in [1.54, 1.807) is 26.0 Å². The molecule has 1 aromatic heterocycles. The van der Waals surface area contributed by atoms with Crippen molar-refractivity contribution >= 4 is 11.9 Å². The highest BCUT2D eigenvalue weighted by Crippen LogP contribution is 2.25. The van der Waals surface area contributed by atoms with Crippen LogP contribution in [0, 0.1) is 12.8 Å². The molecule has 0 spiro atoms. The predicted octanol–water partition coefficient (Wildman–Crippen LogP) is 3.34. The Morgan fingerprint density at radius 2 is 1.86 bits per heavy atom. The van der Waals surface area contributed by atoms with Gasteiger partial charge < -0.3 is 15.0 Å². The van der Waals surface area contributed by atoms with E-state index in [1.165, 1.54) is 38.6 Å². The van der Waals surface area contributed by atoms with E-state index >= 15 is 0 Å². The first-order valence-electron chi connectivity index (χ1n) is 10.7. The first-order valence-corrected chi connectivity index (χ1v) is 10.7. The Bertz CT molecular complexity index is 678. The van der Waals surface area contributed by atoms with Gasteiger partial charge in [-0.05, 0) is 57.6 Å². The van der Waals surface area contributed by atoms with E-state index in [0.29, 0.717) is 23.6 Å². The van der Waals surface area contributed by atoms with E-state index in [2.05, 4.69) is 15.2 Å². The number of hydrogen-bond acceptors (Lipinski definition) is 5.